The maximum Gasteiger partial charge on any atom is 0.198 e. The van der Waals surface area contributed by atoms with E-state index in [2.05, 4.69) is 0 Å². The highest BCUT2D eigenvalue weighted by Crippen LogP contribution is 2.42. The van der Waals surface area contributed by atoms with Crippen LogP contribution >= 0.6 is 0 Å². The predicted molar refractivity (Wildman–Crippen MR) is 66.0 cm³/mol. The molecule has 0 bridgehead atoms. The molecule has 0 aliphatic carbocycles. The van der Waals surface area contributed by atoms with Crippen molar-refractivity contribution in [2.24, 2.45) is 0 Å². The number of aliphatic hydroxyl groups excluding tert-OH is 1. The van der Waals surface area contributed by atoms with Gasteiger partial charge >= 0.3 is 0 Å². The number of rotatable bonds is 1. The molecule has 2 atom stereocenters. The first-order valence-electron chi connectivity index (χ1n) is 6.41. The molecule has 3 rings (SSSR count). The molecule has 1 aliphatic rings. The summed E-state index contributed by atoms with van der Waals surface area (Å²) in [5.74, 6) is -5.88. The van der Waals surface area contributed by atoms with Crippen molar-refractivity contribution in [1.82, 2.24) is 0 Å². The Morgan fingerprint density at radius 1 is 1.00 bits per heavy atom. The minimum Gasteiger partial charge on any atom is -0.873 e. The Kier molecular flexibility index (Phi) is 3.19. The summed E-state index contributed by atoms with van der Waals surface area (Å²) in [5, 5.41) is 65.2. The number of hydrogen-bond acceptors (Lipinski definition) is 8. The molecule has 2 N–H and O–H groups in total. The van der Waals surface area contributed by atoms with Gasteiger partial charge < -0.3 is 35.4 Å². The Bertz CT molecular complexity index is 790. The van der Waals surface area contributed by atoms with Gasteiger partial charge in [0, 0.05) is 0 Å². The molecule has 23 heavy (non-hydrogen) atoms. The Hall–Kier alpha value is -3.13. The first-order chi connectivity index (χ1) is 10.8. The van der Waals surface area contributed by atoms with Gasteiger partial charge in [-0.3, -0.25) is 4.79 Å². The second-order valence-electron chi connectivity index (χ2n) is 5.01. The van der Waals surface area contributed by atoms with E-state index >= 15 is 0 Å². The number of phenolic OH excluding ortho intramolecular Hbond substituents is 1. The lowest BCUT2D eigenvalue weighted by molar-refractivity contribution is -0.318. The minimum absolute atomic E-state index is 0.123. The number of hydrogen-bond donors (Lipinski definition) is 2. The van der Waals surface area contributed by atoms with Gasteiger partial charge in [0.05, 0.1) is 5.56 Å². The Balaban J connectivity index is 2.11. The fourth-order valence-electron chi connectivity index (χ4n) is 2.41. The van der Waals surface area contributed by atoms with Gasteiger partial charge in [-0.05, 0) is 17.7 Å². The molecule has 120 valence electrons. The maximum absolute atomic E-state index is 12.1. The van der Waals surface area contributed by atoms with E-state index in [4.69, 9.17) is 4.74 Å². The van der Waals surface area contributed by atoms with E-state index in [1.807, 2.05) is 0 Å². The molecule has 8 nitrogen and oxygen atoms in total. The van der Waals surface area contributed by atoms with E-state index in [1.165, 1.54) is 0 Å². The highest BCUT2D eigenvalue weighted by molar-refractivity contribution is 6.05. The van der Waals surface area contributed by atoms with Gasteiger partial charge in [0.15, 0.2) is 18.0 Å². The number of aromatic hydroxyl groups is 1. The Morgan fingerprint density at radius 2 is 1.70 bits per heavy atom. The summed E-state index contributed by atoms with van der Waals surface area (Å²) >= 11 is 0. The van der Waals surface area contributed by atoms with Gasteiger partial charge in [0.2, 0.25) is 0 Å². The number of carbonyl (C=O) groups is 1. The number of phenols is 1. The second-order valence-corrected chi connectivity index (χ2v) is 5.01. The molecule has 1 aliphatic heterocycles. The molecule has 0 fully saturated rings. The number of benzene rings is 2. The summed E-state index contributed by atoms with van der Waals surface area (Å²) in [6, 6.07) is 3.30. The van der Waals surface area contributed by atoms with Crippen LogP contribution in [0.4, 0.5) is 0 Å². The molecule has 0 saturated carbocycles. The number of ketones is 1. The molecule has 2 aromatic carbocycles. The van der Waals surface area contributed by atoms with Crippen LogP contribution in [0.1, 0.15) is 22.0 Å². The Labute approximate surface area is 129 Å². The van der Waals surface area contributed by atoms with Gasteiger partial charge in [-0.25, -0.2) is 0 Å². The van der Waals surface area contributed by atoms with Crippen LogP contribution < -0.4 is 25.2 Å². The average molecular weight is 316 g/mol. The van der Waals surface area contributed by atoms with E-state index < -0.39 is 52.3 Å². The first kappa shape index (κ1) is 14.8. The van der Waals surface area contributed by atoms with Crippen molar-refractivity contribution in [1.29, 1.82) is 0 Å². The van der Waals surface area contributed by atoms with Crippen molar-refractivity contribution in [3.63, 3.8) is 0 Å². The van der Waals surface area contributed by atoms with Crippen molar-refractivity contribution in [2.45, 2.75) is 12.2 Å². The molecular formula is C15H8O8-4. The van der Waals surface area contributed by atoms with Crippen molar-refractivity contribution in [3.8, 4) is 34.5 Å². The van der Waals surface area contributed by atoms with E-state index in [-0.39, 0.29) is 11.3 Å². The van der Waals surface area contributed by atoms with Crippen LogP contribution in [0, 0.1) is 0 Å². The first-order valence-corrected chi connectivity index (χ1v) is 6.41. The van der Waals surface area contributed by atoms with Gasteiger partial charge in [-0.1, -0.05) is 23.6 Å². The summed E-state index contributed by atoms with van der Waals surface area (Å²) in [7, 11) is 0. The number of Topliss-reactive ketones (excluding diaryl/α,β-unsaturated/α-hetero) is 1. The fourth-order valence-corrected chi connectivity index (χ4v) is 2.41. The zero-order chi connectivity index (χ0) is 16.9. The molecule has 0 aromatic heterocycles. The van der Waals surface area contributed by atoms with Crippen molar-refractivity contribution >= 4 is 5.78 Å². The monoisotopic (exact) mass is 316 g/mol. The normalized spacial score (nSPS) is 20.0. The quantitative estimate of drug-likeness (QED) is 0.633. The standard InChI is InChI=1S/C15H12O8/c16-6-3-7(17)11-10(4-6)23-15(14(22)13(11)21)5-1-8(18)12(20)9(19)2-5/h1-4,14-20,22H/p-4/t14-,15+/m0/s1. The number of fused-ring (bicyclic) bond motifs is 1. The molecule has 0 amide bonds. The third kappa shape index (κ3) is 2.25. The van der Waals surface area contributed by atoms with E-state index in [1.54, 1.807) is 0 Å². The van der Waals surface area contributed by atoms with Crippen molar-refractivity contribution < 1.29 is 40.2 Å². The van der Waals surface area contributed by atoms with Gasteiger partial charge in [0.1, 0.15) is 11.5 Å². The van der Waals surface area contributed by atoms with Crippen molar-refractivity contribution in [3.05, 3.63) is 35.4 Å². The lowest BCUT2D eigenvalue weighted by Crippen LogP contribution is -2.37. The van der Waals surface area contributed by atoms with Gasteiger partial charge in [-0.2, -0.15) is 0 Å². The van der Waals surface area contributed by atoms with Crippen LogP contribution in [0.5, 0.6) is 34.5 Å². The predicted octanol–water partition coefficient (Wildman–Crippen LogP) is -1.64. The highest BCUT2D eigenvalue weighted by atomic mass is 16.5. The zero-order valence-corrected chi connectivity index (χ0v) is 11.3. The molecule has 1 heterocycles. The third-order valence-electron chi connectivity index (χ3n) is 3.48. The van der Waals surface area contributed by atoms with Crippen LogP contribution in [0.15, 0.2) is 24.3 Å². The van der Waals surface area contributed by atoms with E-state index in [0.717, 1.165) is 18.2 Å². The van der Waals surface area contributed by atoms with Gasteiger partial charge in [-0.15, -0.1) is 11.5 Å². The summed E-state index contributed by atoms with van der Waals surface area (Å²) in [6.45, 7) is 0. The van der Waals surface area contributed by atoms with Crippen molar-refractivity contribution in [2.75, 3.05) is 0 Å². The largest absolute Gasteiger partial charge is 0.873 e. The highest BCUT2D eigenvalue weighted by Gasteiger charge is 2.37. The molecule has 8 heteroatoms. The summed E-state index contributed by atoms with van der Waals surface area (Å²) < 4.78 is 5.29. The molecule has 0 spiro atoms. The van der Waals surface area contributed by atoms with E-state index in [0.29, 0.717) is 6.07 Å². The van der Waals surface area contributed by atoms with Crippen LogP contribution in [0.2, 0.25) is 0 Å². The fraction of sp³-hybridized carbons (Fsp3) is 0.133. The number of carbonyl (C=O) groups excluding carboxylic acids is 1. The lowest BCUT2D eigenvalue weighted by atomic mass is 9.92. The summed E-state index contributed by atoms with van der Waals surface area (Å²) in [4.78, 5) is 12.1. The van der Waals surface area contributed by atoms with Crippen LogP contribution in [-0.4, -0.2) is 22.1 Å². The zero-order valence-electron chi connectivity index (χ0n) is 11.3. The van der Waals surface area contributed by atoms with Crippen LogP contribution in [-0.2, 0) is 0 Å². The Morgan fingerprint density at radius 3 is 2.35 bits per heavy atom. The number of ether oxygens (including phenoxy) is 1. The molecular weight excluding hydrogens is 308 g/mol. The maximum atomic E-state index is 12.1. The van der Waals surface area contributed by atoms with E-state index in [9.17, 15) is 35.4 Å². The number of aliphatic hydroxyl groups is 1. The van der Waals surface area contributed by atoms with Crippen LogP contribution in [0.3, 0.4) is 0 Å². The molecule has 2 aromatic rings. The molecule has 0 saturated heterocycles. The topological polar surface area (TPSA) is 159 Å². The summed E-state index contributed by atoms with van der Waals surface area (Å²) in [5.41, 5.74) is -0.581. The average Bonchev–Trinajstić information content (AvgIpc) is 2.47. The summed E-state index contributed by atoms with van der Waals surface area (Å²) in [6.07, 6.45) is -3.26. The van der Waals surface area contributed by atoms with Gasteiger partial charge in [0.25, 0.3) is 0 Å². The molecule has 0 radical (unpaired) electrons. The smallest absolute Gasteiger partial charge is 0.198 e. The molecule has 0 unspecified atom stereocenters. The SMILES string of the molecule is O=C1c2c([O-])cc([O-])cc2O[C@H](c2cc([O-])c([O-])c(O)c2)[C@H]1O. The third-order valence-corrected chi connectivity index (χ3v) is 3.48. The minimum atomic E-state index is -1.83. The van der Waals surface area contributed by atoms with Crippen LogP contribution in [0.25, 0.3) is 0 Å². The lowest BCUT2D eigenvalue weighted by Gasteiger charge is -2.34. The second kappa shape index (κ2) is 4.96.